The first-order valence-electron chi connectivity index (χ1n) is 6.64. The third-order valence-electron chi connectivity index (χ3n) is 3.26. The molecule has 20 heavy (non-hydrogen) atoms. The highest BCUT2D eigenvalue weighted by Crippen LogP contribution is 2.26. The minimum atomic E-state index is 0.145. The van der Waals surface area contributed by atoms with Gasteiger partial charge in [0.15, 0.2) is 0 Å². The lowest BCUT2D eigenvalue weighted by Gasteiger charge is -2.19. The Morgan fingerprint density at radius 2 is 1.70 bits per heavy atom. The van der Waals surface area contributed by atoms with Crippen LogP contribution in [0.5, 0.6) is 5.75 Å². The fraction of sp³-hybridized carbons (Fsp3) is 0.294. The van der Waals surface area contributed by atoms with Crippen LogP contribution in [0.1, 0.15) is 31.9 Å². The van der Waals surface area contributed by atoms with Crippen molar-refractivity contribution in [3.63, 3.8) is 0 Å². The molecule has 0 bridgehead atoms. The van der Waals surface area contributed by atoms with Crippen molar-refractivity contribution < 1.29 is 4.74 Å². The molecule has 2 N–H and O–H groups in total. The fourth-order valence-electron chi connectivity index (χ4n) is 1.93. The van der Waals surface area contributed by atoms with E-state index in [0.717, 1.165) is 11.3 Å². The average molecular weight is 290 g/mol. The summed E-state index contributed by atoms with van der Waals surface area (Å²) >= 11 is 6.12. The van der Waals surface area contributed by atoms with Crippen molar-refractivity contribution in [2.45, 2.75) is 32.8 Å². The maximum Gasteiger partial charge on any atom is 0.119 e. The molecule has 0 aliphatic heterocycles. The average Bonchev–Trinajstić information content (AvgIpc) is 2.37. The van der Waals surface area contributed by atoms with Crippen LogP contribution in [-0.2, 0) is 12.0 Å². The van der Waals surface area contributed by atoms with Crippen LogP contribution in [0.15, 0.2) is 42.5 Å². The van der Waals surface area contributed by atoms with Gasteiger partial charge < -0.3 is 10.5 Å². The van der Waals surface area contributed by atoms with Gasteiger partial charge in [-0.2, -0.15) is 0 Å². The van der Waals surface area contributed by atoms with Crippen LogP contribution in [0.2, 0.25) is 5.02 Å². The van der Waals surface area contributed by atoms with Gasteiger partial charge in [0.25, 0.3) is 0 Å². The maximum absolute atomic E-state index is 6.12. The van der Waals surface area contributed by atoms with Crippen molar-refractivity contribution in [1.82, 2.24) is 0 Å². The smallest absolute Gasteiger partial charge is 0.119 e. The van der Waals surface area contributed by atoms with Gasteiger partial charge in [0.2, 0.25) is 0 Å². The standard InChI is InChI=1S/C17H20ClNO/c1-17(2,3)12-7-9-13(10-8-12)20-11-14-15(18)5-4-6-16(14)19/h4-10H,11,19H2,1-3H3. The first kappa shape index (κ1) is 14.7. The third kappa shape index (κ3) is 3.45. The van der Waals surface area contributed by atoms with Gasteiger partial charge >= 0.3 is 0 Å². The number of halogens is 1. The highest BCUT2D eigenvalue weighted by Gasteiger charge is 2.13. The first-order chi connectivity index (χ1) is 9.38. The molecule has 0 atom stereocenters. The molecule has 0 fully saturated rings. The van der Waals surface area contributed by atoms with Gasteiger partial charge in [0, 0.05) is 16.3 Å². The SMILES string of the molecule is CC(C)(C)c1ccc(OCc2c(N)cccc2Cl)cc1. The van der Waals surface area contributed by atoms with E-state index in [9.17, 15) is 0 Å². The summed E-state index contributed by atoms with van der Waals surface area (Å²) in [6.07, 6.45) is 0. The zero-order chi connectivity index (χ0) is 14.8. The Bertz CT molecular complexity index is 565. The molecule has 0 unspecified atom stereocenters. The summed E-state index contributed by atoms with van der Waals surface area (Å²) in [5.74, 6) is 0.817. The summed E-state index contributed by atoms with van der Waals surface area (Å²) in [5, 5.41) is 0.635. The molecule has 0 saturated heterocycles. The molecule has 2 rings (SSSR count). The van der Waals surface area contributed by atoms with E-state index in [1.807, 2.05) is 30.3 Å². The van der Waals surface area contributed by atoms with E-state index in [1.54, 1.807) is 0 Å². The molecule has 0 aliphatic rings. The fourth-order valence-corrected chi connectivity index (χ4v) is 2.17. The summed E-state index contributed by atoms with van der Waals surface area (Å²) < 4.78 is 5.76. The predicted octanol–water partition coefficient (Wildman–Crippen LogP) is 4.80. The maximum atomic E-state index is 6.12. The van der Waals surface area contributed by atoms with Crippen LogP contribution < -0.4 is 10.5 Å². The number of hydrogen-bond acceptors (Lipinski definition) is 2. The van der Waals surface area contributed by atoms with E-state index in [0.29, 0.717) is 17.3 Å². The van der Waals surface area contributed by atoms with Crippen molar-refractivity contribution in [2.75, 3.05) is 5.73 Å². The largest absolute Gasteiger partial charge is 0.489 e. The summed E-state index contributed by atoms with van der Waals surface area (Å²) in [6.45, 7) is 6.94. The van der Waals surface area contributed by atoms with Crippen LogP contribution in [0.3, 0.4) is 0 Å². The summed E-state index contributed by atoms with van der Waals surface area (Å²) in [6, 6.07) is 13.6. The minimum absolute atomic E-state index is 0.145. The molecule has 106 valence electrons. The first-order valence-corrected chi connectivity index (χ1v) is 7.02. The quantitative estimate of drug-likeness (QED) is 0.824. The molecule has 0 amide bonds. The Balaban J connectivity index is 2.08. The Morgan fingerprint density at radius 3 is 2.25 bits per heavy atom. The number of ether oxygens (including phenoxy) is 1. The second-order valence-electron chi connectivity index (χ2n) is 5.87. The topological polar surface area (TPSA) is 35.2 Å². The Kier molecular flexibility index (Phi) is 4.24. The van der Waals surface area contributed by atoms with Crippen LogP contribution in [-0.4, -0.2) is 0 Å². The second-order valence-corrected chi connectivity index (χ2v) is 6.28. The zero-order valence-electron chi connectivity index (χ0n) is 12.1. The molecule has 0 spiro atoms. The van der Waals surface area contributed by atoms with Crippen molar-refractivity contribution in [1.29, 1.82) is 0 Å². The summed E-state index contributed by atoms with van der Waals surface area (Å²) in [4.78, 5) is 0. The van der Waals surface area contributed by atoms with Gasteiger partial charge in [-0.05, 0) is 35.2 Å². The van der Waals surface area contributed by atoms with E-state index >= 15 is 0 Å². The molecule has 0 aliphatic carbocycles. The van der Waals surface area contributed by atoms with Crippen LogP contribution >= 0.6 is 11.6 Å². The normalized spacial score (nSPS) is 11.4. The van der Waals surface area contributed by atoms with Gasteiger partial charge in [0.1, 0.15) is 12.4 Å². The van der Waals surface area contributed by atoms with Crippen molar-refractivity contribution in [3.05, 3.63) is 58.6 Å². The number of rotatable bonds is 3. The molecule has 0 radical (unpaired) electrons. The highest BCUT2D eigenvalue weighted by atomic mass is 35.5. The van der Waals surface area contributed by atoms with Crippen LogP contribution in [0.25, 0.3) is 0 Å². The number of anilines is 1. The van der Waals surface area contributed by atoms with E-state index in [2.05, 4.69) is 32.9 Å². The molecule has 0 heterocycles. The van der Waals surface area contributed by atoms with E-state index < -0.39 is 0 Å². The third-order valence-corrected chi connectivity index (χ3v) is 3.61. The zero-order valence-corrected chi connectivity index (χ0v) is 12.9. The summed E-state index contributed by atoms with van der Waals surface area (Å²) in [7, 11) is 0. The van der Waals surface area contributed by atoms with Crippen molar-refractivity contribution in [3.8, 4) is 5.75 Å². The molecule has 2 nitrogen and oxygen atoms in total. The molecule has 0 saturated carbocycles. The van der Waals surface area contributed by atoms with Crippen LogP contribution in [0.4, 0.5) is 5.69 Å². The van der Waals surface area contributed by atoms with E-state index in [4.69, 9.17) is 22.1 Å². The highest BCUT2D eigenvalue weighted by molar-refractivity contribution is 6.31. The predicted molar refractivity (Wildman–Crippen MR) is 85.3 cm³/mol. The Morgan fingerprint density at radius 1 is 1.05 bits per heavy atom. The Hall–Kier alpha value is -1.67. The lowest BCUT2D eigenvalue weighted by atomic mass is 9.87. The summed E-state index contributed by atoms with van der Waals surface area (Å²) in [5.41, 5.74) is 8.81. The monoisotopic (exact) mass is 289 g/mol. The van der Waals surface area contributed by atoms with Crippen LogP contribution in [0, 0.1) is 0 Å². The van der Waals surface area contributed by atoms with Gasteiger partial charge in [-0.15, -0.1) is 0 Å². The van der Waals surface area contributed by atoms with Gasteiger partial charge in [-0.25, -0.2) is 0 Å². The van der Waals surface area contributed by atoms with E-state index in [1.165, 1.54) is 5.56 Å². The van der Waals surface area contributed by atoms with Gasteiger partial charge in [-0.3, -0.25) is 0 Å². The molecule has 0 aromatic heterocycles. The number of hydrogen-bond donors (Lipinski definition) is 1. The molecule has 3 heteroatoms. The molecule has 2 aromatic carbocycles. The Labute approximate surface area is 125 Å². The molecule has 2 aromatic rings. The number of benzene rings is 2. The lowest BCUT2D eigenvalue weighted by Crippen LogP contribution is -2.10. The van der Waals surface area contributed by atoms with Crippen molar-refractivity contribution >= 4 is 17.3 Å². The second kappa shape index (κ2) is 5.76. The number of nitrogens with two attached hydrogens (primary N) is 1. The molecular formula is C17H20ClNO. The van der Waals surface area contributed by atoms with Gasteiger partial charge in [0.05, 0.1) is 0 Å². The lowest BCUT2D eigenvalue weighted by molar-refractivity contribution is 0.307. The van der Waals surface area contributed by atoms with Gasteiger partial charge in [-0.1, -0.05) is 50.6 Å². The van der Waals surface area contributed by atoms with E-state index in [-0.39, 0.29) is 5.41 Å². The molecular weight excluding hydrogens is 270 g/mol. The number of nitrogen functional groups attached to an aromatic ring is 1. The van der Waals surface area contributed by atoms with Crippen molar-refractivity contribution in [2.24, 2.45) is 0 Å². The minimum Gasteiger partial charge on any atom is -0.489 e.